The number of amides is 2. The molecule has 0 saturated carbocycles. The predicted octanol–water partition coefficient (Wildman–Crippen LogP) is 4.33. The number of esters is 1. The van der Waals surface area contributed by atoms with Crippen molar-refractivity contribution in [3.8, 4) is 0 Å². The molecule has 3 aromatic carbocycles. The fourth-order valence-electron chi connectivity index (χ4n) is 5.51. The van der Waals surface area contributed by atoms with Gasteiger partial charge in [0.15, 0.2) is 0 Å². The quantitative estimate of drug-likeness (QED) is 0.205. The molecule has 0 aromatic heterocycles. The van der Waals surface area contributed by atoms with Crippen LogP contribution in [0.1, 0.15) is 23.1 Å². The third-order valence-corrected chi connectivity index (χ3v) is 8.48. The molecule has 2 atom stereocenters. The molecular weight excluding hydrogens is 640 g/mol. The molecule has 1 aliphatic rings. The Balaban J connectivity index is 1.39. The molecule has 0 bridgehead atoms. The third-order valence-electron chi connectivity index (χ3n) is 8.48. The minimum absolute atomic E-state index is 0.0298. The van der Waals surface area contributed by atoms with Gasteiger partial charge in [-0.1, -0.05) is 91.0 Å². The first kappa shape index (κ1) is 38.3. The number of hydrogen-bond donors (Lipinski definition) is 1. The van der Waals surface area contributed by atoms with Gasteiger partial charge in [-0.3, -0.25) is 9.69 Å². The number of rotatable bonds is 13. The van der Waals surface area contributed by atoms with Crippen LogP contribution in [0, 0.1) is 0 Å². The Hall–Kier alpha value is -4.49. The Kier molecular flexibility index (Phi) is 16.5. The van der Waals surface area contributed by atoms with E-state index in [0.717, 1.165) is 16.7 Å². The van der Waals surface area contributed by atoms with E-state index in [-0.39, 0.29) is 45.3 Å². The lowest BCUT2D eigenvalue weighted by Crippen LogP contribution is -2.50. The normalized spacial score (nSPS) is 16.0. The van der Waals surface area contributed by atoms with Crippen LogP contribution in [0.2, 0.25) is 0 Å². The maximum Gasteiger partial charge on any atom is 0.410 e. The highest BCUT2D eigenvalue weighted by Crippen LogP contribution is 2.13. The zero-order valence-electron chi connectivity index (χ0n) is 29.1. The predicted molar refractivity (Wildman–Crippen MR) is 188 cm³/mol. The van der Waals surface area contributed by atoms with Crippen molar-refractivity contribution in [2.45, 2.75) is 38.4 Å². The lowest BCUT2D eigenvalue weighted by atomic mass is 10.1. The van der Waals surface area contributed by atoms with Gasteiger partial charge >= 0.3 is 18.2 Å². The van der Waals surface area contributed by atoms with Gasteiger partial charge in [-0.25, -0.2) is 9.59 Å². The number of carbonyl (C=O) groups excluding carboxylic acids is 3. The number of nitrogens with one attached hydrogen (secondary N) is 1. The first-order chi connectivity index (χ1) is 24.4. The number of methoxy groups -OCH3 is 2. The van der Waals surface area contributed by atoms with Crippen molar-refractivity contribution >= 4 is 18.2 Å². The molecule has 12 heteroatoms. The van der Waals surface area contributed by atoms with Gasteiger partial charge in [0, 0.05) is 73.1 Å². The van der Waals surface area contributed by atoms with Gasteiger partial charge in [-0.2, -0.15) is 0 Å². The summed E-state index contributed by atoms with van der Waals surface area (Å²) in [5, 5.41) is 3.42. The molecule has 0 radical (unpaired) electrons. The Morgan fingerprint density at radius 3 is 1.52 bits per heavy atom. The van der Waals surface area contributed by atoms with Crippen molar-refractivity contribution in [1.82, 2.24) is 20.0 Å². The molecule has 1 aliphatic heterocycles. The van der Waals surface area contributed by atoms with Crippen LogP contribution >= 0.6 is 0 Å². The number of hydrogen-bond acceptors (Lipinski definition) is 10. The second-order valence-electron chi connectivity index (χ2n) is 12.0. The summed E-state index contributed by atoms with van der Waals surface area (Å²) >= 11 is 0. The van der Waals surface area contributed by atoms with Gasteiger partial charge in [0.2, 0.25) is 0 Å². The summed E-state index contributed by atoms with van der Waals surface area (Å²) in [4.78, 5) is 44.7. The van der Waals surface area contributed by atoms with Crippen molar-refractivity contribution in [1.29, 1.82) is 0 Å². The van der Waals surface area contributed by atoms with Crippen LogP contribution in [-0.2, 0) is 48.3 Å². The molecule has 4 rings (SSSR count). The van der Waals surface area contributed by atoms with Crippen LogP contribution in [-0.4, -0.2) is 118 Å². The van der Waals surface area contributed by atoms with Crippen LogP contribution in [0.4, 0.5) is 9.59 Å². The summed E-state index contributed by atoms with van der Waals surface area (Å²) in [6, 6.07) is 28.5. The monoisotopic (exact) mass is 690 g/mol. The minimum Gasteiger partial charge on any atom is -0.461 e. The molecular formula is C38H50N4O8. The van der Waals surface area contributed by atoms with Crippen molar-refractivity contribution in [2.75, 3.05) is 73.1 Å². The Bertz CT molecular complexity index is 1420. The van der Waals surface area contributed by atoms with Crippen LogP contribution in [0.15, 0.2) is 91.0 Å². The molecule has 3 aromatic rings. The van der Waals surface area contributed by atoms with E-state index in [2.05, 4.69) is 10.2 Å². The number of ether oxygens (including phenoxy) is 5. The van der Waals surface area contributed by atoms with E-state index in [0.29, 0.717) is 45.8 Å². The maximum atomic E-state index is 13.4. The molecule has 1 heterocycles. The summed E-state index contributed by atoms with van der Waals surface area (Å²) in [6.07, 6.45) is -1.86. The summed E-state index contributed by atoms with van der Waals surface area (Å²) in [5.74, 6) is -0.378. The number of carbonyl (C=O) groups is 3. The fraction of sp³-hybridized carbons (Fsp3) is 0.447. The van der Waals surface area contributed by atoms with Crippen LogP contribution in [0.5, 0.6) is 0 Å². The lowest BCUT2D eigenvalue weighted by Gasteiger charge is -2.33. The summed E-state index contributed by atoms with van der Waals surface area (Å²) in [6.45, 7) is 4.48. The first-order valence-corrected chi connectivity index (χ1v) is 17.0. The van der Waals surface area contributed by atoms with Crippen molar-refractivity contribution in [3.63, 3.8) is 0 Å². The van der Waals surface area contributed by atoms with E-state index in [4.69, 9.17) is 23.7 Å². The zero-order chi connectivity index (χ0) is 35.4. The van der Waals surface area contributed by atoms with E-state index in [1.54, 1.807) is 24.0 Å². The Labute approximate surface area is 295 Å². The minimum atomic E-state index is -0.542. The number of benzene rings is 3. The highest BCUT2D eigenvalue weighted by atomic mass is 16.6. The number of nitrogens with zero attached hydrogens (tertiary/aromatic N) is 3. The van der Waals surface area contributed by atoms with E-state index >= 15 is 0 Å². The van der Waals surface area contributed by atoms with Gasteiger partial charge < -0.3 is 38.8 Å². The second-order valence-corrected chi connectivity index (χ2v) is 12.0. The molecule has 0 aliphatic carbocycles. The molecule has 50 heavy (non-hydrogen) atoms. The van der Waals surface area contributed by atoms with Gasteiger partial charge in [0.1, 0.15) is 19.8 Å². The molecule has 12 nitrogen and oxygen atoms in total. The molecule has 2 unspecified atom stereocenters. The largest absolute Gasteiger partial charge is 0.461 e. The van der Waals surface area contributed by atoms with E-state index in [1.807, 2.05) is 91.0 Å². The lowest BCUT2D eigenvalue weighted by molar-refractivity contribution is -0.151. The molecule has 1 fully saturated rings. The van der Waals surface area contributed by atoms with Crippen LogP contribution in [0.25, 0.3) is 0 Å². The highest BCUT2D eigenvalue weighted by Gasteiger charge is 2.28. The van der Waals surface area contributed by atoms with E-state index < -0.39 is 24.4 Å². The van der Waals surface area contributed by atoms with Crippen LogP contribution < -0.4 is 5.32 Å². The third kappa shape index (κ3) is 13.4. The Morgan fingerprint density at radius 2 is 1.02 bits per heavy atom. The van der Waals surface area contributed by atoms with Gasteiger partial charge in [0.25, 0.3) is 0 Å². The van der Waals surface area contributed by atoms with Crippen molar-refractivity contribution in [2.24, 2.45) is 0 Å². The topological polar surface area (TPSA) is 119 Å². The summed E-state index contributed by atoms with van der Waals surface area (Å²) < 4.78 is 28.4. The molecule has 0 spiro atoms. The van der Waals surface area contributed by atoms with Crippen LogP contribution in [0.3, 0.4) is 0 Å². The van der Waals surface area contributed by atoms with Gasteiger partial charge in [-0.15, -0.1) is 0 Å². The van der Waals surface area contributed by atoms with E-state index in [1.165, 1.54) is 0 Å². The molecule has 2 amide bonds. The fourth-order valence-corrected chi connectivity index (χ4v) is 5.51. The first-order valence-electron chi connectivity index (χ1n) is 17.0. The Morgan fingerprint density at radius 1 is 0.580 bits per heavy atom. The maximum absolute atomic E-state index is 13.4. The van der Waals surface area contributed by atoms with E-state index in [9.17, 15) is 14.4 Å². The van der Waals surface area contributed by atoms with Crippen molar-refractivity contribution < 1.29 is 38.1 Å². The van der Waals surface area contributed by atoms with Gasteiger partial charge in [-0.05, 0) is 16.7 Å². The van der Waals surface area contributed by atoms with Crippen molar-refractivity contribution in [3.05, 3.63) is 108 Å². The molecule has 270 valence electrons. The summed E-state index contributed by atoms with van der Waals surface area (Å²) in [7, 11) is 3.15. The highest BCUT2D eigenvalue weighted by molar-refractivity contribution is 5.70. The average Bonchev–Trinajstić information content (AvgIpc) is 3.15. The molecule has 1 saturated heterocycles. The second kappa shape index (κ2) is 21.6. The SMILES string of the molecule is COC(CC(=O)OCc1ccccc1)C(CN1CCNCCN(C(=O)OCc2ccccc2)CCN(C(=O)OCc2ccccc2)CC1)OC. The standard InChI is InChI=1S/C38H50N4O8/c1-46-34(26-36(43)48-28-31-12-6-3-7-13-31)35(47-2)27-40-20-18-39-19-21-41(37(44)49-29-32-14-8-4-9-15-32)24-25-42(23-22-40)38(45)50-30-33-16-10-5-11-17-33/h3-17,34-35,39H,18-30H2,1-2H3. The zero-order valence-corrected chi connectivity index (χ0v) is 29.1. The summed E-state index contributed by atoms with van der Waals surface area (Å²) in [5.41, 5.74) is 2.68. The smallest absolute Gasteiger partial charge is 0.410 e. The van der Waals surface area contributed by atoms with Gasteiger partial charge in [0.05, 0.1) is 18.6 Å². The molecule has 1 N–H and O–H groups in total. The average molecular weight is 691 g/mol.